The third-order valence-electron chi connectivity index (χ3n) is 7.52. The fourth-order valence-corrected chi connectivity index (χ4v) is 4.99. The Bertz CT molecular complexity index is 444. The van der Waals surface area contributed by atoms with Gasteiger partial charge in [-0.2, -0.15) is 0 Å². The summed E-state index contributed by atoms with van der Waals surface area (Å²) < 4.78 is 0. The summed E-state index contributed by atoms with van der Waals surface area (Å²) in [5, 5.41) is 3.12. The zero-order valence-electron chi connectivity index (χ0n) is 25.1. The van der Waals surface area contributed by atoms with Gasteiger partial charge in [-0.05, 0) is 38.5 Å². The van der Waals surface area contributed by atoms with Crippen molar-refractivity contribution in [2.75, 3.05) is 6.54 Å². The fraction of sp³-hybridized carbons (Fsp3) is 0.912. The van der Waals surface area contributed by atoms with Crippen LogP contribution in [0.2, 0.25) is 0 Å². The van der Waals surface area contributed by atoms with Crippen molar-refractivity contribution in [1.29, 1.82) is 0 Å². The first-order valence-corrected chi connectivity index (χ1v) is 16.7. The van der Waals surface area contributed by atoms with Gasteiger partial charge in [-0.25, -0.2) is 0 Å². The van der Waals surface area contributed by atoms with Crippen molar-refractivity contribution >= 4 is 5.91 Å². The van der Waals surface area contributed by atoms with Crippen molar-refractivity contribution in [3.63, 3.8) is 0 Å². The summed E-state index contributed by atoms with van der Waals surface area (Å²) in [7, 11) is 0. The van der Waals surface area contributed by atoms with Crippen molar-refractivity contribution in [3.8, 4) is 0 Å². The lowest BCUT2D eigenvalue weighted by atomic mass is 10.1. The highest BCUT2D eigenvalue weighted by Crippen LogP contribution is 2.13. The van der Waals surface area contributed by atoms with Crippen LogP contribution in [0.4, 0.5) is 0 Å². The van der Waals surface area contributed by atoms with E-state index in [2.05, 4.69) is 31.3 Å². The predicted molar refractivity (Wildman–Crippen MR) is 163 cm³/mol. The Morgan fingerprint density at radius 3 is 1.19 bits per heavy atom. The van der Waals surface area contributed by atoms with Crippen LogP contribution in [0.3, 0.4) is 0 Å². The van der Waals surface area contributed by atoms with Crippen LogP contribution >= 0.6 is 0 Å². The maximum absolute atomic E-state index is 12.0. The number of rotatable bonds is 30. The monoisotopic (exact) mass is 506 g/mol. The molecule has 214 valence electrons. The van der Waals surface area contributed by atoms with Gasteiger partial charge in [-0.15, -0.1) is 0 Å². The molecule has 0 rings (SSSR count). The van der Waals surface area contributed by atoms with Gasteiger partial charge in [0.15, 0.2) is 0 Å². The van der Waals surface area contributed by atoms with Crippen LogP contribution in [0.5, 0.6) is 0 Å². The predicted octanol–water partition coefficient (Wildman–Crippen LogP) is 11.6. The van der Waals surface area contributed by atoms with Crippen molar-refractivity contribution in [2.24, 2.45) is 0 Å². The molecule has 0 aliphatic heterocycles. The van der Waals surface area contributed by atoms with Gasteiger partial charge >= 0.3 is 0 Å². The second-order valence-corrected chi connectivity index (χ2v) is 11.3. The second-order valence-electron chi connectivity index (χ2n) is 11.3. The average Bonchev–Trinajstić information content (AvgIpc) is 2.88. The molecule has 0 spiro atoms. The summed E-state index contributed by atoms with van der Waals surface area (Å²) in [6.45, 7) is 5.44. The Hall–Kier alpha value is -0.790. The van der Waals surface area contributed by atoms with E-state index in [1.54, 1.807) is 0 Å². The number of carbonyl (C=O) groups excluding carboxylic acids is 1. The molecule has 0 aromatic rings. The first-order valence-electron chi connectivity index (χ1n) is 16.7. The zero-order chi connectivity index (χ0) is 26.2. The minimum Gasteiger partial charge on any atom is -0.356 e. The molecule has 0 radical (unpaired) electrons. The van der Waals surface area contributed by atoms with Gasteiger partial charge in [-0.3, -0.25) is 4.79 Å². The summed E-state index contributed by atoms with van der Waals surface area (Å²) in [6, 6.07) is 0. The number of nitrogens with one attached hydrogen (secondary N) is 1. The third kappa shape index (κ3) is 31.2. The van der Waals surface area contributed by atoms with Crippen molar-refractivity contribution in [3.05, 3.63) is 12.2 Å². The summed E-state index contributed by atoms with van der Waals surface area (Å²) in [6.07, 6.45) is 41.9. The van der Waals surface area contributed by atoms with Gasteiger partial charge in [0.2, 0.25) is 5.91 Å². The Morgan fingerprint density at radius 1 is 0.444 bits per heavy atom. The highest BCUT2D eigenvalue weighted by atomic mass is 16.1. The Morgan fingerprint density at radius 2 is 0.778 bits per heavy atom. The maximum atomic E-state index is 12.0. The molecule has 1 N–H and O–H groups in total. The zero-order valence-corrected chi connectivity index (χ0v) is 25.1. The lowest BCUT2D eigenvalue weighted by Crippen LogP contribution is -2.23. The summed E-state index contributed by atoms with van der Waals surface area (Å²) >= 11 is 0. The van der Waals surface area contributed by atoms with Crippen LogP contribution in [0.1, 0.15) is 194 Å². The average molecular weight is 506 g/mol. The largest absolute Gasteiger partial charge is 0.356 e. The van der Waals surface area contributed by atoms with Crippen LogP contribution in [0, 0.1) is 0 Å². The van der Waals surface area contributed by atoms with E-state index in [1.807, 2.05) is 0 Å². The minimum absolute atomic E-state index is 0.270. The van der Waals surface area contributed by atoms with Gasteiger partial charge in [0.05, 0.1) is 0 Å². The van der Waals surface area contributed by atoms with E-state index in [9.17, 15) is 4.79 Å². The molecular weight excluding hydrogens is 438 g/mol. The maximum Gasteiger partial charge on any atom is 0.219 e. The number of hydrogen-bond donors (Lipinski definition) is 1. The Balaban J connectivity index is 3.18. The lowest BCUT2D eigenvalue weighted by Gasteiger charge is -2.06. The van der Waals surface area contributed by atoms with Crippen LogP contribution in [0.15, 0.2) is 12.2 Å². The van der Waals surface area contributed by atoms with Gasteiger partial charge in [0.25, 0.3) is 0 Å². The molecule has 0 aliphatic rings. The van der Waals surface area contributed by atoms with Crippen molar-refractivity contribution in [1.82, 2.24) is 5.32 Å². The van der Waals surface area contributed by atoms with Gasteiger partial charge in [-0.1, -0.05) is 161 Å². The summed E-state index contributed by atoms with van der Waals surface area (Å²) in [4.78, 5) is 12.0. The molecule has 0 heterocycles. The van der Waals surface area contributed by atoms with E-state index in [4.69, 9.17) is 0 Å². The Kier molecular flexibility index (Phi) is 31.5. The molecule has 0 bridgehead atoms. The molecule has 36 heavy (non-hydrogen) atoms. The highest BCUT2D eigenvalue weighted by molar-refractivity contribution is 5.75. The first-order chi connectivity index (χ1) is 17.8. The van der Waals surface area contributed by atoms with Crippen LogP contribution in [-0.4, -0.2) is 12.5 Å². The van der Waals surface area contributed by atoms with Crippen molar-refractivity contribution in [2.45, 2.75) is 194 Å². The first kappa shape index (κ1) is 35.2. The number of hydrogen-bond acceptors (Lipinski definition) is 1. The van der Waals surface area contributed by atoms with Crippen molar-refractivity contribution < 1.29 is 4.79 Å². The van der Waals surface area contributed by atoms with E-state index in [-0.39, 0.29) is 5.91 Å². The van der Waals surface area contributed by atoms with Crippen LogP contribution < -0.4 is 5.32 Å². The Labute approximate surface area is 228 Å². The SMILES string of the molecule is CCCCCCCC/C=C\CCCCCCCCCCCC(=O)NCCCCCCCCCCCC. The molecule has 0 aromatic carbocycles. The molecular formula is C34H67NO. The molecule has 1 amide bonds. The second kappa shape index (κ2) is 32.2. The molecule has 0 fully saturated rings. The minimum atomic E-state index is 0.270. The number of carbonyl (C=O) groups is 1. The van der Waals surface area contributed by atoms with Gasteiger partial charge in [0, 0.05) is 13.0 Å². The summed E-state index contributed by atoms with van der Waals surface area (Å²) in [5.74, 6) is 0.270. The quantitative estimate of drug-likeness (QED) is 0.0763. The molecule has 2 nitrogen and oxygen atoms in total. The van der Waals surface area contributed by atoms with E-state index in [1.165, 1.54) is 161 Å². The number of amides is 1. The highest BCUT2D eigenvalue weighted by Gasteiger charge is 2.01. The van der Waals surface area contributed by atoms with Crippen LogP contribution in [0.25, 0.3) is 0 Å². The van der Waals surface area contributed by atoms with E-state index in [0.717, 1.165) is 25.8 Å². The smallest absolute Gasteiger partial charge is 0.219 e. The number of unbranched alkanes of at least 4 members (excludes halogenated alkanes) is 24. The van der Waals surface area contributed by atoms with Gasteiger partial charge in [0.1, 0.15) is 0 Å². The lowest BCUT2D eigenvalue weighted by molar-refractivity contribution is -0.121. The van der Waals surface area contributed by atoms with E-state index in [0.29, 0.717) is 0 Å². The molecule has 0 atom stereocenters. The topological polar surface area (TPSA) is 29.1 Å². The van der Waals surface area contributed by atoms with Gasteiger partial charge < -0.3 is 5.32 Å². The molecule has 0 aromatic heterocycles. The molecule has 0 aliphatic carbocycles. The standard InChI is InChI=1S/C34H67NO/c1-3-5-7-9-11-13-15-16-17-18-19-20-21-22-23-24-26-28-30-32-34(36)35-33-31-29-27-25-14-12-10-8-6-4-2/h16-17H,3-15,18-33H2,1-2H3,(H,35,36)/b17-16-. The fourth-order valence-electron chi connectivity index (χ4n) is 4.99. The van der Waals surface area contributed by atoms with E-state index < -0.39 is 0 Å². The molecule has 0 saturated heterocycles. The third-order valence-corrected chi connectivity index (χ3v) is 7.52. The molecule has 0 unspecified atom stereocenters. The normalized spacial score (nSPS) is 11.5. The summed E-state index contributed by atoms with van der Waals surface area (Å²) in [5.41, 5.74) is 0. The number of allylic oxidation sites excluding steroid dienone is 2. The molecule has 0 saturated carbocycles. The van der Waals surface area contributed by atoms with E-state index >= 15 is 0 Å². The molecule has 2 heteroatoms. The van der Waals surface area contributed by atoms with Crippen LogP contribution in [-0.2, 0) is 4.79 Å².